The zero-order valence-electron chi connectivity index (χ0n) is 11.6. The monoisotopic (exact) mass is 315 g/mol. The van der Waals surface area contributed by atoms with Crippen LogP contribution in [-0.2, 0) is 0 Å². The number of aryl methyl sites for hydroxylation is 2. The van der Waals surface area contributed by atoms with Crippen LogP contribution in [0.25, 0.3) is 11.4 Å². The standard InChI is InChI=1S/C15H13N3OS2/c1-9-7-13(21-10(9)2)14(19)18-15-17-12(8-20-15)11-5-3-4-6-16-11/h3-8H,1-2H3,(H,17,18,19). The summed E-state index contributed by atoms with van der Waals surface area (Å²) in [7, 11) is 0. The van der Waals surface area contributed by atoms with Gasteiger partial charge in [0.1, 0.15) is 5.69 Å². The Hall–Kier alpha value is -2.05. The van der Waals surface area contributed by atoms with Crippen molar-refractivity contribution in [2.75, 3.05) is 5.32 Å². The third kappa shape index (κ3) is 3.01. The van der Waals surface area contributed by atoms with Crippen LogP contribution >= 0.6 is 22.7 Å². The molecule has 0 radical (unpaired) electrons. The van der Waals surface area contributed by atoms with E-state index in [1.807, 2.05) is 43.5 Å². The van der Waals surface area contributed by atoms with Crippen LogP contribution in [0.4, 0.5) is 5.13 Å². The van der Waals surface area contributed by atoms with Gasteiger partial charge >= 0.3 is 0 Å². The summed E-state index contributed by atoms with van der Waals surface area (Å²) >= 11 is 2.90. The first kappa shape index (κ1) is 13.9. The Morgan fingerprint density at radius 2 is 2.10 bits per heavy atom. The lowest BCUT2D eigenvalue weighted by Crippen LogP contribution is -2.09. The molecule has 3 rings (SSSR count). The average Bonchev–Trinajstić information content (AvgIpc) is 3.08. The summed E-state index contributed by atoms with van der Waals surface area (Å²) in [6.45, 7) is 4.02. The van der Waals surface area contributed by atoms with Crippen molar-refractivity contribution in [1.29, 1.82) is 0 Å². The first-order valence-corrected chi connectivity index (χ1v) is 8.08. The normalized spacial score (nSPS) is 10.6. The lowest BCUT2D eigenvalue weighted by Gasteiger charge is -1.98. The highest BCUT2D eigenvalue weighted by molar-refractivity contribution is 7.15. The highest BCUT2D eigenvalue weighted by Crippen LogP contribution is 2.25. The van der Waals surface area contributed by atoms with Gasteiger partial charge in [0, 0.05) is 16.5 Å². The number of carbonyl (C=O) groups excluding carboxylic acids is 1. The van der Waals surface area contributed by atoms with E-state index in [0.29, 0.717) is 10.0 Å². The van der Waals surface area contributed by atoms with Gasteiger partial charge in [-0.1, -0.05) is 6.07 Å². The molecule has 21 heavy (non-hydrogen) atoms. The zero-order chi connectivity index (χ0) is 14.8. The Labute approximate surface area is 130 Å². The number of pyridine rings is 1. The molecular formula is C15H13N3OS2. The number of hydrogen-bond acceptors (Lipinski definition) is 5. The fraction of sp³-hybridized carbons (Fsp3) is 0.133. The maximum atomic E-state index is 12.2. The molecule has 0 aliphatic rings. The van der Waals surface area contributed by atoms with Crippen LogP contribution in [0, 0.1) is 13.8 Å². The van der Waals surface area contributed by atoms with Crippen LogP contribution in [-0.4, -0.2) is 15.9 Å². The summed E-state index contributed by atoms with van der Waals surface area (Å²) in [5, 5.41) is 5.32. The molecule has 0 atom stereocenters. The van der Waals surface area contributed by atoms with Gasteiger partial charge in [-0.05, 0) is 37.6 Å². The minimum Gasteiger partial charge on any atom is -0.297 e. The van der Waals surface area contributed by atoms with Crippen molar-refractivity contribution in [3.8, 4) is 11.4 Å². The fourth-order valence-corrected chi connectivity index (χ4v) is 3.44. The highest BCUT2D eigenvalue weighted by atomic mass is 32.1. The molecule has 0 spiro atoms. The number of rotatable bonds is 3. The molecule has 1 amide bonds. The molecule has 0 aliphatic carbocycles. The number of thiophene rings is 1. The van der Waals surface area contributed by atoms with Gasteiger partial charge in [-0.2, -0.15) is 0 Å². The second-order valence-corrected chi connectivity index (χ2v) is 6.67. The molecule has 6 heteroatoms. The van der Waals surface area contributed by atoms with Crippen molar-refractivity contribution >= 4 is 33.7 Å². The SMILES string of the molecule is Cc1cc(C(=O)Nc2nc(-c3ccccn3)cs2)sc1C. The van der Waals surface area contributed by atoms with E-state index in [1.54, 1.807) is 6.20 Å². The summed E-state index contributed by atoms with van der Waals surface area (Å²) in [6, 6.07) is 7.58. The van der Waals surface area contributed by atoms with Crippen molar-refractivity contribution < 1.29 is 4.79 Å². The maximum absolute atomic E-state index is 12.2. The molecule has 3 heterocycles. The van der Waals surface area contributed by atoms with Crippen LogP contribution < -0.4 is 5.32 Å². The van der Waals surface area contributed by atoms with Crippen LogP contribution in [0.5, 0.6) is 0 Å². The smallest absolute Gasteiger partial charge is 0.267 e. The van der Waals surface area contributed by atoms with E-state index in [4.69, 9.17) is 0 Å². The molecule has 0 aromatic carbocycles. The molecule has 1 N–H and O–H groups in total. The zero-order valence-corrected chi connectivity index (χ0v) is 13.2. The van der Waals surface area contributed by atoms with Crippen LogP contribution in [0.3, 0.4) is 0 Å². The van der Waals surface area contributed by atoms with E-state index in [-0.39, 0.29) is 5.91 Å². The van der Waals surface area contributed by atoms with Gasteiger partial charge in [-0.3, -0.25) is 15.1 Å². The summed E-state index contributed by atoms with van der Waals surface area (Å²) in [4.78, 5) is 22.7. The quantitative estimate of drug-likeness (QED) is 0.790. The van der Waals surface area contributed by atoms with E-state index >= 15 is 0 Å². The summed E-state index contributed by atoms with van der Waals surface area (Å²) in [5.74, 6) is -0.113. The van der Waals surface area contributed by atoms with Crippen molar-refractivity contribution in [3.63, 3.8) is 0 Å². The number of anilines is 1. The second kappa shape index (κ2) is 5.75. The number of aromatic nitrogens is 2. The van der Waals surface area contributed by atoms with Crippen molar-refractivity contribution in [2.45, 2.75) is 13.8 Å². The van der Waals surface area contributed by atoms with E-state index in [9.17, 15) is 4.79 Å². The van der Waals surface area contributed by atoms with E-state index < -0.39 is 0 Å². The molecule has 0 aliphatic heterocycles. The Morgan fingerprint density at radius 3 is 2.76 bits per heavy atom. The van der Waals surface area contributed by atoms with Gasteiger partial charge in [0.25, 0.3) is 5.91 Å². The largest absolute Gasteiger partial charge is 0.297 e. The molecule has 0 bridgehead atoms. The Kier molecular flexibility index (Phi) is 3.81. The Bertz CT molecular complexity index is 758. The topological polar surface area (TPSA) is 54.9 Å². The highest BCUT2D eigenvalue weighted by Gasteiger charge is 2.13. The molecule has 0 unspecified atom stereocenters. The van der Waals surface area contributed by atoms with Gasteiger partial charge in [0.15, 0.2) is 5.13 Å². The fourth-order valence-electron chi connectivity index (χ4n) is 1.81. The second-order valence-electron chi connectivity index (χ2n) is 4.56. The van der Waals surface area contributed by atoms with Crippen LogP contribution in [0.1, 0.15) is 20.1 Å². The van der Waals surface area contributed by atoms with Gasteiger partial charge in [0.2, 0.25) is 0 Å². The Balaban J connectivity index is 1.77. The third-order valence-electron chi connectivity index (χ3n) is 3.04. The number of thiazole rings is 1. The first-order valence-electron chi connectivity index (χ1n) is 6.39. The third-order valence-corrected chi connectivity index (χ3v) is 4.95. The van der Waals surface area contributed by atoms with Crippen LogP contribution in [0.15, 0.2) is 35.8 Å². The molecule has 0 saturated carbocycles. The minimum absolute atomic E-state index is 0.113. The van der Waals surface area contributed by atoms with E-state index in [2.05, 4.69) is 15.3 Å². The molecule has 4 nitrogen and oxygen atoms in total. The first-order chi connectivity index (χ1) is 10.1. The van der Waals surface area contributed by atoms with Crippen molar-refractivity contribution in [3.05, 3.63) is 51.2 Å². The van der Waals surface area contributed by atoms with Crippen LogP contribution in [0.2, 0.25) is 0 Å². The maximum Gasteiger partial charge on any atom is 0.267 e. The lowest BCUT2D eigenvalue weighted by molar-refractivity contribution is 0.103. The number of hydrogen-bond donors (Lipinski definition) is 1. The molecule has 3 aromatic rings. The molecule has 0 fully saturated rings. The van der Waals surface area contributed by atoms with E-state index in [0.717, 1.165) is 21.8 Å². The van der Waals surface area contributed by atoms with Gasteiger partial charge in [-0.15, -0.1) is 22.7 Å². The average molecular weight is 315 g/mol. The molecule has 106 valence electrons. The molecule has 3 aromatic heterocycles. The van der Waals surface area contributed by atoms with E-state index in [1.165, 1.54) is 22.7 Å². The van der Waals surface area contributed by atoms with Gasteiger partial charge < -0.3 is 0 Å². The molecule has 0 saturated heterocycles. The number of nitrogens with one attached hydrogen (secondary N) is 1. The lowest BCUT2D eigenvalue weighted by atomic mass is 10.3. The summed E-state index contributed by atoms with van der Waals surface area (Å²) in [5.41, 5.74) is 2.71. The van der Waals surface area contributed by atoms with Gasteiger partial charge in [0.05, 0.1) is 10.6 Å². The number of amides is 1. The predicted molar refractivity (Wildman–Crippen MR) is 87.1 cm³/mol. The minimum atomic E-state index is -0.113. The Morgan fingerprint density at radius 1 is 1.24 bits per heavy atom. The predicted octanol–water partition coefficient (Wildman–Crippen LogP) is 4.14. The van der Waals surface area contributed by atoms with Crippen molar-refractivity contribution in [2.24, 2.45) is 0 Å². The summed E-state index contributed by atoms with van der Waals surface area (Å²) in [6.07, 6.45) is 1.73. The number of nitrogens with zero attached hydrogens (tertiary/aromatic N) is 2. The van der Waals surface area contributed by atoms with Crippen molar-refractivity contribution in [1.82, 2.24) is 9.97 Å². The number of carbonyl (C=O) groups is 1. The van der Waals surface area contributed by atoms with Gasteiger partial charge in [-0.25, -0.2) is 4.98 Å². The summed E-state index contributed by atoms with van der Waals surface area (Å²) < 4.78 is 0. The molecular weight excluding hydrogens is 302 g/mol.